The van der Waals surface area contributed by atoms with E-state index in [2.05, 4.69) is 0 Å². The average molecular weight is 240 g/mol. The fourth-order valence-corrected chi connectivity index (χ4v) is 1.81. The van der Waals surface area contributed by atoms with Gasteiger partial charge in [0.1, 0.15) is 6.10 Å². The molecule has 17 heavy (non-hydrogen) atoms. The monoisotopic (exact) mass is 240 g/mol. The highest BCUT2D eigenvalue weighted by molar-refractivity contribution is 5.45. The summed E-state index contributed by atoms with van der Waals surface area (Å²) in [6, 6.07) is 2.36. The largest absolute Gasteiger partial charge is 0.487 e. The van der Waals surface area contributed by atoms with Gasteiger partial charge in [0.25, 0.3) is 5.69 Å². The Hall–Kier alpha value is -1.69. The van der Waals surface area contributed by atoms with Gasteiger partial charge in [0.15, 0.2) is 11.6 Å². The molecule has 1 saturated carbocycles. The summed E-state index contributed by atoms with van der Waals surface area (Å²) < 4.78 is 18.9. The molecule has 5 nitrogen and oxygen atoms in total. The Morgan fingerprint density at radius 3 is 2.71 bits per heavy atom. The van der Waals surface area contributed by atoms with Crippen LogP contribution in [0.4, 0.5) is 10.1 Å². The van der Waals surface area contributed by atoms with E-state index in [0.29, 0.717) is 18.4 Å². The third-order valence-electron chi connectivity index (χ3n) is 2.87. The highest BCUT2D eigenvalue weighted by Crippen LogP contribution is 2.30. The Bertz CT molecular complexity index is 458. The lowest BCUT2D eigenvalue weighted by atomic mass is 9.90. The summed E-state index contributed by atoms with van der Waals surface area (Å²) in [5.41, 5.74) is 5.74. The third-order valence-corrected chi connectivity index (χ3v) is 2.87. The lowest BCUT2D eigenvalue weighted by Gasteiger charge is -2.32. The Balaban J connectivity index is 2.18. The van der Waals surface area contributed by atoms with Crippen LogP contribution in [0.15, 0.2) is 12.1 Å². The van der Waals surface area contributed by atoms with Gasteiger partial charge in [-0.3, -0.25) is 10.1 Å². The summed E-state index contributed by atoms with van der Waals surface area (Å²) in [5, 5.41) is 10.6. The van der Waals surface area contributed by atoms with Gasteiger partial charge in [-0.1, -0.05) is 0 Å². The zero-order valence-corrected chi connectivity index (χ0v) is 9.35. The fourth-order valence-electron chi connectivity index (χ4n) is 1.81. The van der Waals surface area contributed by atoms with Crippen molar-refractivity contribution in [3.63, 3.8) is 0 Å². The molecule has 0 heterocycles. The summed E-state index contributed by atoms with van der Waals surface area (Å²) >= 11 is 0. The van der Waals surface area contributed by atoms with E-state index >= 15 is 0 Å². The van der Waals surface area contributed by atoms with Gasteiger partial charge in [-0.05, 0) is 25.8 Å². The number of nitro groups is 1. The Morgan fingerprint density at radius 2 is 2.18 bits per heavy atom. The van der Waals surface area contributed by atoms with E-state index in [-0.39, 0.29) is 23.6 Å². The second kappa shape index (κ2) is 4.29. The molecular weight excluding hydrogens is 227 g/mol. The van der Waals surface area contributed by atoms with Crippen LogP contribution in [0, 0.1) is 22.9 Å². The van der Waals surface area contributed by atoms with Crippen molar-refractivity contribution in [2.45, 2.75) is 31.9 Å². The molecule has 0 atom stereocenters. The summed E-state index contributed by atoms with van der Waals surface area (Å²) in [4.78, 5) is 9.99. The van der Waals surface area contributed by atoms with Gasteiger partial charge in [-0.2, -0.15) is 0 Å². The molecule has 2 rings (SSSR count). The van der Waals surface area contributed by atoms with Gasteiger partial charge in [0, 0.05) is 11.6 Å². The highest BCUT2D eigenvalue weighted by Gasteiger charge is 2.29. The number of halogens is 1. The molecule has 0 bridgehead atoms. The van der Waals surface area contributed by atoms with Gasteiger partial charge in [0.2, 0.25) is 0 Å². The van der Waals surface area contributed by atoms with Crippen LogP contribution in [0.25, 0.3) is 0 Å². The molecule has 0 radical (unpaired) electrons. The van der Waals surface area contributed by atoms with Crippen LogP contribution in [0.2, 0.25) is 0 Å². The lowest BCUT2D eigenvalue weighted by Crippen LogP contribution is -2.43. The zero-order chi connectivity index (χ0) is 12.6. The van der Waals surface area contributed by atoms with Crippen molar-refractivity contribution in [1.29, 1.82) is 0 Å². The van der Waals surface area contributed by atoms with Crippen LogP contribution in [0.3, 0.4) is 0 Å². The van der Waals surface area contributed by atoms with Crippen LogP contribution in [0.1, 0.15) is 18.4 Å². The number of aryl methyl sites for hydroxylation is 1. The van der Waals surface area contributed by atoms with Crippen LogP contribution in [-0.2, 0) is 0 Å². The predicted molar refractivity (Wildman–Crippen MR) is 59.4 cm³/mol. The maximum atomic E-state index is 13.5. The molecule has 1 aliphatic carbocycles. The zero-order valence-electron chi connectivity index (χ0n) is 9.35. The molecule has 1 fully saturated rings. The molecule has 0 aliphatic heterocycles. The van der Waals surface area contributed by atoms with Crippen LogP contribution in [0.5, 0.6) is 5.75 Å². The van der Waals surface area contributed by atoms with Crippen molar-refractivity contribution >= 4 is 5.69 Å². The molecule has 92 valence electrons. The number of hydrogen-bond acceptors (Lipinski definition) is 4. The minimum absolute atomic E-state index is 0.0602. The first-order valence-corrected chi connectivity index (χ1v) is 5.34. The summed E-state index contributed by atoms with van der Waals surface area (Å²) in [7, 11) is 0. The number of rotatable bonds is 3. The average Bonchev–Trinajstić information content (AvgIpc) is 2.20. The van der Waals surface area contributed by atoms with Crippen LogP contribution in [-0.4, -0.2) is 17.1 Å². The van der Waals surface area contributed by atoms with Gasteiger partial charge in [-0.15, -0.1) is 0 Å². The summed E-state index contributed by atoms with van der Waals surface area (Å²) in [6.45, 7) is 1.55. The molecule has 0 amide bonds. The minimum Gasteiger partial charge on any atom is -0.487 e. The SMILES string of the molecule is Cc1cc(OC2CC(N)C2)c(F)cc1[N+](=O)[O-]. The molecule has 6 heteroatoms. The first-order valence-electron chi connectivity index (χ1n) is 5.34. The van der Waals surface area contributed by atoms with E-state index in [1.54, 1.807) is 6.92 Å². The molecular formula is C11H13FN2O3. The predicted octanol–water partition coefficient (Wildman–Crippen LogP) is 1.91. The molecule has 1 aromatic carbocycles. The van der Waals surface area contributed by atoms with Crippen molar-refractivity contribution in [1.82, 2.24) is 0 Å². The van der Waals surface area contributed by atoms with E-state index in [0.717, 1.165) is 6.07 Å². The third kappa shape index (κ3) is 2.36. The normalized spacial score (nSPS) is 23.0. The van der Waals surface area contributed by atoms with Crippen molar-refractivity contribution in [2.75, 3.05) is 0 Å². The van der Waals surface area contributed by atoms with Crippen molar-refractivity contribution in [3.8, 4) is 5.75 Å². The maximum absolute atomic E-state index is 13.5. The number of nitrogens with two attached hydrogens (primary N) is 1. The van der Waals surface area contributed by atoms with Crippen LogP contribution >= 0.6 is 0 Å². The van der Waals surface area contributed by atoms with Crippen LogP contribution < -0.4 is 10.5 Å². The van der Waals surface area contributed by atoms with Crippen molar-refractivity contribution < 1.29 is 14.1 Å². The highest BCUT2D eigenvalue weighted by atomic mass is 19.1. The Labute approximate surface area is 97.5 Å². The van der Waals surface area contributed by atoms with E-state index < -0.39 is 10.7 Å². The number of nitrogens with zero attached hydrogens (tertiary/aromatic N) is 1. The molecule has 0 aromatic heterocycles. The number of ether oxygens (including phenoxy) is 1. The summed E-state index contributed by atoms with van der Waals surface area (Å²) in [5.74, 6) is -0.646. The summed E-state index contributed by atoms with van der Waals surface area (Å²) in [6.07, 6.45) is 1.30. The van der Waals surface area contributed by atoms with E-state index in [4.69, 9.17) is 10.5 Å². The first kappa shape index (κ1) is 11.8. The molecule has 0 saturated heterocycles. The van der Waals surface area contributed by atoms with Crippen molar-refractivity contribution in [3.05, 3.63) is 33.6 Å². The van der Waals surface area contributed by atoms with Gasteiger partial charge < -0.3 is 10.5 Å². The second-order valence-electron chi connectivity index (χ2n) is 4.30. The number of hydrogen-bond donors (Lipinski definition) is 1. The molecule has 1 aromatic rings. The Morgan fingerprint density at radius 1 is 1.53 bits per heavy atom. The lowest BCUT2D eigenvalue weighted by molar-refractivity contribution is -0.385. The van der Waals surface area contributed by atoms with Crippen molar-refractivity contribution in [2.24, 2.45) is 5.73 Å². The van der Waals surface area contributed by atoms with E-state index in [1.165, 1.54) is 6.07 Å². The quantitative estimate of drug-likeness (QED) is 0.646. The Kier molecular flexibility index (Phi) is 2.97. The fraction of sp³-hybridized carbons (Fsp3) is 0.455. The first-order chi connectivity index (χ1) is 7.97. The van der Waals surface area contributed by atoms with E-state index in [1.807, 2.05) is 0 Å². The maximum Gasteiger partial charge on any atom is 0.275 e. The molecule has 0 unspecified atom stereocenters. The topological polar surface area (TPSA) is 78.4 Å². The molecule has 2 N–H and O–H groups in total. The van der Waals surface area contributed by atoms with E-state index in [9.17, 15) is 14.5 Å². The van der Waals surface area contributed by atoms with Gasteiger partial charge in [-0.25, -0.2) is 4.39 Å². The number of nitro benzene ring substituents is 1. The smallest absolute Gasteiger partial charge is 0.275 e. The van der Waals surface area contributed by atoms with Gasteiger partial charge >= 0.3 is 0 Å². The molecule has 1 aliphatic rings. The molecule has 0 spiro atoms. The second-order valence-corrected chi connectivity index (χ2v) is 4.30. The minimum atomic E-state index is -0.706. The standard InChI is InChI=1S/C11H13FN2O3/c1-6-2-11(17-8-3-7(13)4-8)9(12)5-10(6)14(15)16/h2,5,7-8H,3-4,13H2,1H3. The number of benzene rings is 1. The van der Waals surface area contributed by atoms with Gasteiger partial charge in [0.05, 0.1) is 11.0 Å².